The normalized spacial score (nSPS) is 33.0. The Morgan fingerprint density at radius 1 is 1.20 bits per heavy atom. The second-order valence-corrected chi connectivity index (χ2v) is 4.75. The second-order valence-electron chi connectivity index (χ2n) is 4.75. The van der Waals surface area contributed by atoms with Crippen molar-refractivity contribution < 1.29 is 13.2 Å². The summed E-state index contributed by atoms with van der Waals surface area (Å²) in [5.41, 5.74) is 5.43. The van der Waals surface area contributed by atoms with Gasteiger partial charge >= 0.3 is 6.18 Å². The van der Waals surface area contributed by atoms with Gasteiger partial charge in [0.15, 0.2) is 0 Å². The Balaban J connectivity index is 2.75. The van der Waals surface area contributed by atoms with Crippen molar-refractivity contribution in [2.24, 2.45) is 17.6 Å². The van der Waals surface area contributed by atoms with Crippen LogP contribution in [0.3, 0.4) is 0 Å². The summed E-state index contributed by atoms with van der Waals surface area (Å²) in [4.78, 5) is 1.47. The Labute approximate surface area is 88.6 Å². The van der Waals surface area contributed by atoms with Gasteiger partial charge in [-0.3, -0.25) is 4.90 Å². The molecular weight excluding hydrogens is 205 g/mol. The molecule has 90 valence electrons. The molecule has 0 amide bonds. The number of nitrogens with zero attached hydrogens (tertiary/aromatic N) is 1. The highest BCUT2D eigenvalue weighted by Gasteiger charge is 2.48. The minimum Gasteiger partial charge on any atom is -0.326 e. The molecule has 5 heteroatoms. The lowest BCUT2D eigenvalue weighted by Gasteiger charge is -2.32. The van der Waals surface area contributed by atoms with Gasteiger partial charge < -0.3 is 5.73 Å². The highest BCUT2D eigenvalue weighted by atomic mass is 19.4. The molecule has 0 spiro atoms. The Hall–Kier alpha value is -0.290. The third kappa shape index (κ3) is 2.84. The second kappa shape index (κ2) is 4.29. The van der Waals surface area contributed by atoms with Gasteiger partial charge in [-0.1, -0.05) is 13.8 Å². The van der Waals surface area contributed by atoms with Crippen LogP contribution in [0, 0.1) is 11.8 Å². The average molecular weight is 224 g/mol. The molecule has 0 bridgehead atoms. The molecule has 1 heterocycles. The molecule has 1 fully saturated rings. The molecule has 1 saturated heterocycles. The van der Waals surface area contributed by atoms with Gasteiger partial charge in [0, 0.05) is 19.1 Å². The summed E-state index contributed by atoms with van der Waals surface area (Å²) in [6.45, 7) is 6.38. The van der Waals surface area contributed by atoms with E-state index in [9.17, 15) is 13.2 Å². The molecule has 4 unspecified atom stereocenters. The van der Waals surface area contributed by atoms with Crippen LogP contribution in [0.1, 0.15) is 20.8 Å². The van der Waals surface area contributed by atoms with E-state index in [2.05, 4.69) is 0 Å². The van der Waals surface area contributed by atoms with Crippen molar-refractivity contribution in [3.05, 3.63) is 0 Å². The van der Waals surface area contributed by atoms with Gasteiger partial charge in [0.2, 0.25) is 0 Å². The first-order valence-electron chi connectivity index (χ1n) is 5.29. The fourth-order valence-corrected chi connectivity index (χ4v) is 2.24. The van der Waals surface area contributed by atoms with Crippen LogP contribution in [0.15, 0.2) is 0 Å². The van der Waals surface area contributed by atoms with Gasteiger partial charge in [-0.15, -0.1) is 0 Å². The van der Waals surface area contributed by atoms with Gasteiger partial charge in [0.25, 0.3) is 0 Å². The standard InChI is InChI=1S/C10H19F3N2/c1-6-4-15(5-7(6)2)9(8(3)14)10(11,12)13/h6-9H,4-5,14H2,1-3H3. The minimum atomic E-state index is -4.22. The molecule has 15 heavy (non-hydrogen) atoms. The van der Waals surface area contributed by atoms with Crippen molar-refractivity contribution in [2.75, 3.05) is 13.1 Å². The van der Waals surface area contributed by atoms with Crippen LogP contribution < -0.4 is 5.73 Å². The monoisotopic (exact) mass is 224 g/mol. The maximum Gasteiger partial charge on any atom is 0.405 e. The summed E-state index contributed by atoms with van der Waals surface area (Å²) in [7, 11) is 0. The number of halogens is 3. The number of hydrogen-bond donors (Lipinski definition) is 1. The molecule has 1 aliphatic heterocycles. The quantitative estimate of drug-likeness (QED) is 0.775. The molecule has 2 nitrogen and oxygen atoms in total. The molecule has 0 aromatic rings. The summed E-state index contributed by atoms with van der Waals surface area (Å²) in [6, 6.07) is -2.37. The number of hydrogen-bond acceptors (Lipinski definition) is 2. The number of alkyl halides is 3. The zero-order chi connectivity index (χ0) is 11.8. The first-order chi connectivity index (χ1) is 6.73. The van der Waals surface area contributed by atoms with Crippen molar-refractivity contribution in [1.82, 2.24) is 4.90 Å². The molecule has 1 rings (SSSR count). The topological polar surface area (TPSA) is 29.3 Å². The predicted molar refractivity (Wildman–Crippen MR) is 53.4 cm³/mol. The Morgan fingerprint density at radius 3 is 1.87 bits per heavy atom. The van der Waals surface area contributed by atoms with Crippen LogP contribution >= 0.6 is 0 Å². The summed E-state index contributed by atoms with van der Waals surface area (Å²) in [6.07, 6.45) is -4.22. The van der Waals surface area contributed by atoms with Gasteiger partial charge in [0.1, 0.15) is 6.04 Å². The molecule has 0 saturated carbocycles. The van der Waals surface area contributed by atoms with Crippen LogP contribution in [-0.4, -0.2) is 36.2 Å². The molecule has 4 atom stereocenters. The summed E-state index contributed by atoms with van der Waals surface area (Å²) in [5, 5.41) is 0. The SMILES string of the molecule is CC(N)C(N1CC(C)C(C)C1)C(F)(F)F. The number of likely N-dealkylation sites (tertiary alicyclic amines) is 1. The van der Waals surface area contributed by atoms with E-state index in [1.807, 2.05) is 13.8 Å². The third-order valence-corrected chi connectivity index (χ3v) is 3.24. The van der Waals surface area contributed by atoms with E-state index in [1.165, 1.54) is 11.8 Å². The Morgan fingerprint density at radius 2 is 1.60 bits per heavy atom. The summed E-state index contributed by atoms with van der Waals surface area (Å²) < 4.78 is 38.3. The average Bonchev–Trinajstić information content (AvgIpc) is 2.27. The Kier molecular flexibility index (Phi) is 3.66. The van der Waals surface area contributed by atoms with E-state index in [1.54, 1.807) is 0 Å². The van der Waals surface area contributed by atoms with Crippen LogP contribution in [0.4, 0.5) is 13.2 Å². The first-order valence-corrected chi connectivity index (χ1v) is 5.29. The van der Waals surface area contributed by atoms with E-state index in [-0.39, 0.29) is 0 Å². The summed E-state index contributed by atoms with van der Waals surface area (Å²) in [5.74, 6) is 0.627. The van der Waals surface area contributed by atoms with E-state index in [0.717, 1.165) is 0 Å². The number of rotatable bonds is 2. The lowest BCUT2D eigenvalue weighted by Crippen LogP contribution is -2.54. The maximum atomic E-state index is 12.8. The van der Waals surface area contributed by atoms with Crippen LogP contribution in [-0.2, 0) is 0 Å². The smallest absolute Gasteiger partial charge is 0.326 e. The van der Waals surface area contributed by atoms with E-state index in [4.69, 9.17) is 5.73 Å². The molecule has 0 radical (unpaired) electrons. The van der Waals surface area contributed by atoms with Crippen molar-refractivity contribution in [1.29, 1.82) is 0 Å². The van der Waals surface area contributed by atoms with Crippen molar-refractivity contribution in [3.8, 4) is 0 Å². The fraction of sp³-hybridized carbons (Fsp3) is 1.00. The van der Waals surface area contributed by atoms with Crippen LogP contribution in [0.5, 0.6) is 0 Å². The maximum absolute atomic E-state index is 12.8. The lowest BCUT2D eigenvalue weighted by molar-refractivity contribution is -0.185. The third-order valence-electron chi connectivity index (χ3n) is 3.24. The van der Waals surface area contributed by atoms with Crippen molar-refractivity contribution >= 4 is 0 Å². The van der Waals surface area contributed by atoms with Crippen LogP contribution in [0.25, 0.3) is 0 Å². The highest BCUT2D eigenvalue weighted by Crippen LogP contribution is 2.32. The van der Waals surface area contributed by atoms with Gasteiger partial charge in [-0.2, -0.15) is 13.2 Å². The predicted octanol–water partition coefficient (Wildman–Crippen LogP) is 1.85. The van der Waals surface area contributed by atoms with Crippen LogP contribution in [0.2, 0.25) is 0 Å². The molecule has 0 aromatic carbocycles. The molecule has 0 aromatic heterocycles. The highest BCUT2D eigenvalue weighted by molar-refractivity contribution is 4.91. The minimum absolute atomic E-state index is 0.314. The molecule has 2 N–H and O–H groups in total. The van der Waals surface area contributed by atoms with Crippen molar-refractivity contribution in [3.63, 3.8) is 0 Å². The zero-order valence-electron chi connectivity index (χ0n) is 9.38. The Bertz CT molecular complexity index is 205. The van der Waals surface area contributed by atoms with Crippen molar-refractivity contribution in [2.45, 2.75) is 39.0 Å². The van der Waals surface area contributed by atoms with E-state index in [0.29, 0.717) is 24.9 Å². The molecule has 0 aliphatic carbocycles. The zero-order valence-corrected chi connectivity index (χ0v) is 9.38. The fourth-order valence-electron chi connectivity index (χ4n) is 2.24. The lowest BCUT2D eigenvalue weighted by atomic mass is 10.0. The van der Waals surface area contributed by atoms with E-state index < -0.39 is 18.3 Å². The van der Waals surface area contributed by atoms with Gasteiger partial charge in [0.05, 0.1) is 0 Å². The van der Waals surface area contributed by atoms with Gasteiger partial charge in [-0.25, -0.2) is 0 Å². The molecular formula is C10H19F3N2. The van der Waals surface area contributed by atoms with Gasteiger partial charge in [-0.05, 0) is 18.8 Å². The van der Waals surface area contributed by atoms with E-state index >= 15 is 0 Å². The first kappa shape index (κ1) is 12.8. The largest absolute Gasteiger partial charge is 0.405 e. The summed E-state index contributed by atoms with van der Waals surface area (Å²) >= 11 is 0. The molecule has 1 aliphatic rings. The number of nitrogens with two attached hydrogens (primary N) is 1.